The lowest BCUT2D eigenvalue weighted by molar-refractivity contribution is -0.137. The maximum absolute atomic E-state index is 13.2. The molecule has 1 saturated carbocycles. The molecule has 2 aliphatic rings. The van der Waals surface area contributed by atoms with Crippen molar-refractivity contribution in [3.05, 3.63) is 60.0 Å². The largest absolute Gasteiger partial charge is 0.497 e. The predicted molar refractivity (Wildman–Crippen MR) is 122 cm³/mol. The van der Waals surface area contributed by atoms with E-state index < -0.39 is 0 Å². The summed E-state index contributed by atoms with van der Waals surface area (Å²) >= 11 is 0. The Hall–Kier alpha value is -3.88. The first kappa shape index (κ1) is 21.9. The van der Waals surface area contributed by atoms with Crippen LogP contribution in [0.1, 0.15) is 36.6 Å². The molecule has 1 aliphatic heterocycles. The van der Waals surface area contributed by atoms with Gasteiger partial charge in [0.2, 0.25) is 17.6 Å². The van der Waals surface area contributed by atoms with Gasteiger partial charge < -0.3 is 19.3 Å². The van der Waals surface area contributed by atoms with Crippen LogP contribution in [0.4, 0.5) is 4.79 Å². The summed E-state index contributed by atoms with van der Waals surface area (Å²) in [7, 11) is 3.19. The summed E-state index contributed by atoms with van der Waals surface area (Å²) in [5.41, 5.74) is 1.59. The average molecular weight is 463 g/mol. The third-order valence-electron chi connectivity index (χ3n) is 6.60. The second kappa shape index (κ2) is 9.17. The number of aromatic nitrogens is 2. The third-order valence-corrected chi connectivity index (χ3v) is 6.60. The molecule has 5 rings (SSSR count). The van der Waals surface area contributed by atoms with E-state index in [1.54, 1.807) is 14.2 Å². The second-order valence-electron chi connectivity index (χ2n) is 8.60. The van der Waals surface area contributed by atoms with Crippen molar-refractivity contribution < 1.29 is 23.6 Å². The van der Waals surface area contributed by atoms with Gasteiger partial charge in [0.15, 0.2) is 0 Å². The number of imide groups is 1. The number of rotatable bonds is 6. The Balaban J connectivity index is 1.28. The van der Waals surface area contributed by atoms with E-state index in [9.17, 15) is 9.59 Å². The highest BCUT2D eigenvalue weighted by Crippen LogP contribution is 2.39. The Kier molecular flexibility index (Phi) is 5.91. The molecule has 1 saturated heterocycles. The molecule has 2 aromatic carbocycles. The van der Waals surface area contributed by atoms with Gasteiger partial charge in [0.25, 0.3) is 0 Å². The molecule has 1 aliphatic carbocycles. The first-order valence-corrected chi connectivity index (χ1v) is 11.3. The molecular formula is C25H26N4O5. The molecule has 2 fully saturated rings. The molecule has 1 aromatic heterocycles. The van der Waals surface area contributed by atoms with Gasteiger partial charge in [0.1, 0.15) is 11.5 Å². The Morgan fingerprint density at radius 3 is 2.76 bits per heavy atom. The summed E-state index contributed by atoms with van der Waals surface area (Å²) in [5.74, 6) is 1.89. The predicted octanol–water partition coefficient (Wildman–Crippen LogP) is 3.76. The van der Waals surface area contributed by atoms with Crippen molar-refractivity contribution in [2.45, 2.75) is 37.8 Å². The summed E-state index contributed by atoms with van der Waals surface area (Å²) in [6.07, 6.45) is 1.93. The number of urea groups is 1. The topological polar surface area (TPSA) is 107 Å². The van der Waals surface area contributed by atoms with Crippen molar-refractivity contribution >= 4 is 11.9 Å². The first-order chi connectivity index (χ1) is 16.6. The highest BCUT2D eigenvalue weighted by Gasteiger charge is 2.45. The molecule has 0 radical (unpaired) electrons. The van der Waals surface area contributed by atoms with Crippen LogP contribution in [0.15, 0.2) is 53.1 Å². The summed E-state index contributed by atoms with van der Waals surface area (Å²) in [6, 6.07) is 14.2. The number of benzene rings is 2. The Morgan fingerprint density at radius 1 is 1.09 bits per heavy atom. The summed E-state index contributed by atoms with van der Waals surface area (Å²) in [5, 5.41) is 7.17. The average Bonchev–Trinajstić information content (AvgIpc) is 3.36. The fourth-order valence-corrected chi connectivity index (χ4v) is 4.83. The minimum Gasteiger partial charge on any atom is -0.497 e. The smallest absolute Gasteiger partial charge is 0.324 e. The van der Waals surface area contributed by atoms with Crippen LogP contribution in [0.2, 0.25) is 0 Å². The van der Waals surface area contributed by atoms with E-state index in [1.165, 1.54) is 4.90 Å². The highest BCUT2D eigenvalue weighted by atomic mass is 16.5. The SMILES string of the molecule is COc1cccc(CN2C(=O)NC3CC(c4nc(-c5ccccc5OC)no4)CCC3C2=O)c1. The zero-order valence-corrected chi connectivity index (χ0v) is 19.1. The molecule has 9 nitrogen and oxygen atoms in total. The van der Waals surface area contributed by atoms with Crippen molar-refractivity contribution in [3.63, 3.8) is 0 Å². The molecule has 176 valence electrons. The third kappa shape index (κ3) is 4.09. The minimum atomic E-state index is -0.380. The molecule has 2 heterocycles. The van der Waals surface area contributed by atoms with Crippen LogP contribution < -0.4 is 14.8 Å². The fourth-order valence-electron chi connectivity index (χ4n) is 4.83. The number of carbonyl (C=O) groups excluding carboxylic acids is 2. The molecular weight excluding hydrogens is 436 g/mol. The van der Waals surface area contributed by atoms with Gasteiger partial charge in [0, 0.05) is 12.0 Å². The number of nitrogens with zero attached hydrogens (tertiary/aromatic N) is 3. The molecule has 0 spiro atoms. The normalized spacial score (nSPS) is 22.2. The van der Waals surface area contributed by atoms with Gasteiger partial charge in [-0.3, -0.25) is 9.69 Å². The van der Waals surface area contributed by atoms with E-state index in [1.807, 2.05) is 48.5 Å². The first-order valence-electron chi connectivity index (χ1n) is 11.3. The van der Waals surface area contributed by atoms with Gasteiger partial charge in [0.05, 0.1) is 32.2 Å². The van der Waals surface area contributed by atoms with E-state index in [-0.39, 0.29) is 36.4 Å². The number of amides is 3. The minimum absolute atomic E-state index is 0.0322. The van der Waals surface area contributed by atoms with Crippen LogP contribution in [0, 0.1) is 5.92 Å². The molecule has 9 heteroatoms. The van der Waals surface area contributed by atoms with E-state index in [2.05, 4.69) is 15.5 Å². The van der Waals surface area contributed by atoms with Crippen molar-refractivity contribution in [1.82, 2.24) is 20.4 Å². The molecule has 34 heavy (non-hydrogen) atoms. The van der Waals surface area contributed by atoms with E-state index >= 15 is 0 Å². The highest BCUT2D eigenvalue weighted by molar-refractivity contribution is 5.98. The van der Waals surface area contributed by atoms with Gasteiger partial charge in [-0.2, -0.15) is 4.98 Å². The lowest BCUT2D eigenvalue weighted by atomic mass is 9.76. The number of hydrogen-bond acceptors (Lipinski definition) is 7. The van der Waals surface area contributed by atoms with Gasteiger partial charge in [-0.1, -0.05) is 29.4 Å². The van der Waals surface area contributed by atoms with Crippen LogP contribution in [0.25, 0.3) is 11.4 Å². The molecule has 3 amide bonds. The standard InChI is InChI=1S/C25H26N4O5/c1-32-17-7-5-6-15(12-17)14-29-24(30)18-11-10-16(13-20(18)26-25(29)31)23-27-22(28-34-23)19-8-3-4-9-21(19)33-2/h3-9,12,16,18,20H,10-11,13-14H2,1-2H3,(H,26,31). The fraction of sp³-hybridized carbons (Fsp3) is 0.360. The van der Waals surface area contributed by atoms with Crippen molar-refractivity contribution in [2.24, 2.45) is 5.92 Å². The molecule has 0 bridgehead atoms. The van der Waals surface area contributed by atoms with Crippen molar-refractivity contribution in [3.8, 4) is 22.9 Å². The van der Waals surface area contributed by atoms with Crippen LogP contribution in [-0.4, -0.2) is 47.2 Å². The zero-order valence-electron chi connectivity index (χ0n) is 19.1. The van der Waals surface area contributed by atoms with Gasteiger partial charge >= 0.3 is 6.03 Å². The van der Waals surface area contributed by atoms with Crippen LogP contribution in [0.3, 0.4) is 0 Å². The summed E-state index contributed by atoms with van der Waals surface area (Å²) in [4.78, 5) is 31.9. The van der Waals surface area contributed by atoms with Crippen LogP contribution >= 0.6 is 0 Å². The quantitative estimate of drug-likeness (QED) is 0.594. The number of nitrogens with one attached hydrogen (secondary N) is 1. The number of hydrogen-bond donors (Lipinski definition) is 1. The zero-order chi connectivity index (χ0) is 23.7. The Morgan fingerprint density at radius 2 is 1.94 bits per heavy atom. The van der Waals surface area contributed by atoms with E-state index in [4.69, 9.17) is 14.0 Å². The monoisotopic (exact) mass is 462 g/mol. The van der Waals surface area contributed by atoms with Gasteiger partial charge in [-0.05, 0) is 49.1 Å². The van der Waals surface area contributed by atoms with Gasteiger partial charge in [-0.25, -0.2) is 4.79 Å². The Labute approximate surface area is 197 Å². The molecule has 3 aromatic rings. The van der Waals surface area contributed by atoms with Crippen LogP contribution in [-0.2, 0) is 11.3 Å². The number of para-hydroxylation sites is 1. The van der Waals surface area contributed by atoms with Crippen molar-refractivity contribution in [1.29, 1.82) is 0 Å². The molecule has 1 N–H and O–H groups in total. The summed E-state index contributed by atoms with van der Waals surface area (Å²) in [6.45, 7) is 0.209. The molecule has 3 atom stereocenters. The molecule has 3 unspecified atom stereocenters. The Bertz CT molecular complexity index is 1210. The maximum atomic E-state index is 13.2. The van der Waals surface area contributed by atoms with Crippen molar-refractivity contribution in [2.75, 3.05) is 14.2 Å². The van der Waals surface area contributed by atoms with Gasteiger partial charge in [-0.15, -0.1) is 0 Å². The number of carbonyl (C=O) groups is 2. The summed E-state index contributed by atoms with van der Waals surface area (Å²) < 4.78 is 16.2. The second-order valence-corrected chi connectivity index (χ2v) is 8.60. The number of methoxy groups -OCH3 is 2. The van der Waals surface area contributed by atoms with E-state index in [0.29, 0.717) is 36.1 Å². The lowest BCUT2D eigenvalue weighted by Crippen LogP contribution is -2.60. The number of fused-ring (bicyclic) bond motifs is 1. The van der Waals surface area contributed by atoms with E-state index in [0.717, 1.165) is 17.5 Å². The maximum Gasteiger partial charge on any atom is 0.324 e. The number of ether oxygens (including phenoxy) is 2. The van der Waals surface area contributed by atoms with Crippen LogP contribution in [0.5, 0.6) is 11.5 Å². The lowest BCUT2D eigenvalue weighted by Gasteiger charge is -2.41.